The highest BCUT2D eigenvalue weighted by atomic mass is 79.9. The van der Waals surface area contributed by atoms with E-state index in [4.69, 9.17) is 4.74 Å². The van der Waals surface area contributed by atoms with Gasteiger partial charge >= 0.3 is 5.97 Å². The van der Waals surface area contributed by atoms with Gasteiger partial charge in [0.2, 0.25) is 0 Å². The summed E-state index contributed by atoms with van der Waals surface area (Å²) in [5.74, 6) is -0.110. The van der Waals surface area contributed by atoms with E-state index < -0.39 is 0 Å². The van der Waals surface area contributed by atoms with Crippen LogP contribution in [0.25, 0.3) is 0 Å². The Kier molecular flexibility index (Phi) is 6.77. The van der Waals surface area contributed by atoms with Crippen molar-refractivity contribution in [2.24, 2.45) is 0 Å². The number of halogens is 1. The SMILES string of the molecule is CCOC(=O)CCCNC(C)c1cc(Br)cs1. The van der Waals surface area contributed by atoms with E-state index in [1.165, 1.54) is 4.88 Å². The molecule has 1 unspecified atom stereocenters. The maximum absolute atomic E-state index is 11.1. The van der Waals surface area contributed by atoms with Crippen molar-refractivity contribution in [3.05, 3.63) is 20.8 Å². The van der Waals surface area contributed by atoms with Gasteiger partial charge in [0.25, 0.3) is 0 Å². The van der Waals surface area contributed by atoms with Gasteiger partial charge in [-0.3, -0.25) is 4.79 Å². The summed E-state index contributed by atoms with van der Waals surface area (Å²) < 4.78 is 5.99. The van der Waals surface area contributed by atoms with Crippen LogP contribution in [0.2, 0.25) is 0 Å². The third-order valence-electron chi connectivity index (χ3n) is 2.33. The van der Waals surface area contributed by atoms with E-state index in [0.717, 1.165) is 17.4 Å². The summed E-state index contributed by atoms with van der Waals surface area (Å²) in [5.41, 5.74) is 0. The second-order valence-electron chi connectivity index (χ2n) is 3.75. The molecule has 0 saturated heterocycles. The minimum absolute atomic E-state index is 0.110. The summed E-state index contributed by atoms with van der Waals surface area (Å²) in [7, 11) is 0. The zero-order chi connectivity index (χ0) is 12.7. The van der Waals surface area contributed by atoms with Crippen LogP contribution >= 0.6 is 27.3 Å². The second-order valence-corrected chi connectivity index (χ2v) is 5.61. The first-order valence-electron chi connectivity index (χ1n) is 5.76. The van der Waals surface area contributed by atoms with Crippen LogP contribution in [0.15, 0.2) is 15.9 Å². The molecule has 96 valence electrons. The first kappa shape index (κ1) is 14.7. The first-order valence-corrected chi connectivity index (χ1v) is 7.43. The van der Waals surface area contributed by atoms with E-state index in [1.807, 2.05) is 6.92 Å². The lowest BCUT2D eigenvalue weighted by atomic mass is 10.2. The Hall–Kier alpha value is -0.390. The van der Waals surface area contributed by atoms with Crippen LogP contribution in [0.1, 0.15) is 37.6 Å². The van der Waals surface area contributed by atoms with E-state index in [2.05, 4.69) is 39.6 Å². The summed E-state index contributed by atoms with van der Waals surface area (Å²) in [4.78, 5) is 12.4. The van der Waals surface area contributed by atoms with Gasteiger partial charge < -0.3 is 10.1 Å². The van der Waals surface area contributed by atoms with Crippen molar-refractivity contribution >= 4 is 33.2 Å². The topological polar surface area (TPSA) is 38.3 Å². The van der Waals surface area contributed by atoms with Gasteiger partial charge in [-0.05, 0) is 48.8 Å². The quantitative estimate of drug-likeness (QED) is 0.617. The second kappa shape index (κ2) is 7.84. The molecule has 0 amide bonds. The van der Waals surface area contributed by atoms with Gasteiger partial charge in [0, 0.05) is 27.2 Å². The van der Waals surface area contributed by atoms with E-state index in [1.54, 1.807) is 11.3 Å². The number of esters is 1. The Morgan fingerprint density at radius 2 is 2.41 bits per heavy atom. The van der Waals surface area contributed by atoms with Gasteiger partial charge in [0.05, 0.1) is 6.61 Å². The third kappa shape index (κ3) is 5.66. The normalized spacial score (nSPS) is 12.4. The van der Waals surface area contributed by atoms with Crippen molar-refractivity contribution in [2.75, 3.05) is 13.2 Å². The predicted octanol–water partition coefficient (Wildman–Crippen LogP) is 3.50. The molecule has 1 atom stereocenters. The number of ether oxygens (including phenoxy) is 1. The average molecular weight is 320 g/mol. The maximum Gasteiger partial charge on any atom is 0.305 e. The lowest BCUT2D eigenvalue weighted by molar-refractivity contribution is -0.143. The Balaban J connectivity index is 2.16. The molecule has 1 aromatic rings. The van der Waals surface area contributed by atoms with E-state index in [0.29, 0.717) is 19.1 Å². The molecule has 0 fully saturated rings. The summed E-state index contributed by atoms with van der Waals surface area (Å²) in [5, 5.41) is 5.47. The van der Waals surface area contributed by atoms with Gasteiger partial charge in [-0.2, -0.15) is 0 Å². The molecule has 0 aliphatic carbocycles. The summed E-state index contributed by atoms with van der Waals surface area (Å²) in [6, 6.07) is 2.45. The monoisotopic (exact) mass is 319 g/mol. The Labute approximate surface area is 115 Å². The number of rotatable bonds is 7. The Morgan fingerprint density at radius 3 is 3.00 bits per heavy atom. The van der Waals surface area contributed by atoms with Gasteiger partial charge in [-0.25, -0.2) is 0 Å². The minimum Gasteiger partial charge on any atom is -0.466 e. The number of nitrogens with one attached hydrogen (secondary N) is 1. The number of hydrogen-bond acceptors (Lipinski definition) is 4. The van der Waals surface area contributed by atoms with Crippen molar-refractivity contribution in [3.8, 4) is 0 Å². The van der Waals surface area contributed by atoms with Gasteiger partial charge in [-0.15, -0.1) is 11.3 Å². The van der Waals surface area contributed by atoms with Gasteiger partial charge in [0.15, 0.2) is 0 Å². The number of hydrogen-bond donors (Lipinski definition) is 1. The molecule has 5 heteroatoms. The molecule has 1 rings (SSSR count). The van der Waals surface area contributed by atoms with E-state index in [9.17, 15) is 4.79 Å². The zero-order valence-electron chi connectivity index (χ0n) is 10.2. The fraction of sp³-hybridized carbons (Fsp3) is 0.583. The molecule has 0 aromatic carbocycles. The zero-order valence-corrected chi connectivity index (χ0v) is 12.6. The molecule has 0 aliphatic rings. The molecule has 1 heterocycles. The highest BCUT2D eigenvalue weighted by Crippen LogP contribution is 2.25. The van der Waals surface area contributed by atoms with Crippen molar-refractivity contribution in [1.29, 1.82) is 0 Å². The lowest BCUT2D eigenvalue weighted by Crippen LogP contribution is -2.20. The van der Waals surface area contributed by atoms with Crippen LogP contribution in [-0.2, 0) is 9.53 Å². The van der Waals surface area contributed by atoms with Gasteiger partial charge in [-0.1, -0.05) is 0 Å². The molecule has 0 aliphatic heterocycles. The Bertz CT molecular complexity index is 354. The third-order valence-corrected chi connectivity index (χ3v) is 4.20. The molecule has 0 radical (unpaired) electrons. The summed E-state index contributed by atoms with van der Waals surface area (Å²) in [6.07, 6.45) is 1.30. The molecule has 1 aromatic heterocycles. The van der Waals surface area contributed by atoms with Crippen LogP contribution in [-0.4, -0.2) is 19.1 Å². The molecule has 1 N–H and O–H groups in total. The van der Waals surface area contributed by atoms with Crippen molar-refractivity contribution in [1.82, 2.24) is 5.32 Å². The fourth-order valence-electron chi connectivity index (χ4n) is 1.44. The summed E-state index contributed by atoms with van der Waals surface area (Å²) in [6.45, 7) is 5.25. The standard InChI is InChI=1S/C12H18BrNO2S/c1-3-16-12(15)5-4-6-14-9(2)11-7-10(13)8-17-11/h7-9,14H,3-6H2,1-2H3. The number of thiophene rings is 1. The number of carbonyl (C=O) groups is 1. The Morgan fingerprint density at radius 1 is 1.65 bits per heavy atom. The highest BCUT2D eigenvalue weighted by Gasteiger charge is 2.07. The molecular weight excluding hydrogens is 302 g/mol. The van der Waals surface area contributed by atoms with Crippen molar-refractivity contribution in [2.45, 2.75) is 32.7 Å². The predicted molar refractivity (Wildman–Crippen MR) is 74.3 cm³/mol. The molecule has 0 spiro atoms. The molecule has 0 bridgehead atoms. The number of carbonyl (C=O) groups excluding carboxylic acids is 1. The molecule has 17 heavy (non-hydrogen) atoms. The highest BCUT2D eigenvalue weighted by molar-refractivity contribution is 9.10. The van der Waals surface area contributed by atoms with Gasteiger partial charge in [0.1, 0.15) is 0 Å². The van der Waals surface area contributed by atoms with Crippen LogP contribution < -0.4 is 5.32 Å². The van der Waals surface area contributed by atoms with E-state index >= 15 is 0 Å². The largest absolute Gasteiger partial charge is 0.466 e. The van der Waals surface area contributed by atoms with Crippen molar-refractivity contribution < 1.29 is 9.53 Å². The smallest absolute Gasteiger partial charge is 0.305 e. The minimum atomic E-state index is -0.110. The molecular formula is C12H18BrNO2S. The maximum atomic E-state index is 11.1. The first-order chi connectivity index (χ1) is 8.13. The van der Waals surface area contributed by atoms with Crippen molar-refractivity contribution in [3.63, 3.8) is 0 Å². The van der Waals surface area contributed by atoms with E-state index in [-0.39, 0.29) is 5.97 Å². The average Bonchev–Trinajstić information content (AvgIpc) is 2.71. The molecule has 3 nitrogen and oxygen atoms in total. The summed E-state index contributed by atoms with van der Waals surface area (Å²) >= 11 is 5.17. The lowest BCUT2D eigenvalue weighted by Gasteiger charge is -2.11. The van der Waals surface area contributed by atoms with Crippen LogP contribution in [0.3, 0.4) is 0 Å². The fourth-order valence-corrected chi connectivity index (χ4v) is 2.92. The van der Waals surface area contributed by atoms with Crippen LogP contribution in [0.4, 0.5) is 0 Å². The molecule has 0 saturated carbocycles. The van der Waals surface area contributed by atoms with Crippen LogP contribution in [0.5, 0.6) is 0 Å². The van der Waals surface area contributed by atoms with Crippen LogP contribution in [0, 0.1) is 0 Å².